The highest BCUT2D eigenvalue weighted by Crippen LogP contribution is 2.13. The lowest BCUT2D eigenvalue weighted by molar-refractivity contribution is -0.129. The molecule has 1 fully saturated rings. The fraction of sp³-hybridized carbons (Fsp3) is 0.579. The van der Waals surface area contributed by atoms with E-state index in [9.17, 15) is 4.79 Å². The van der Waals surface area contributed by atoms with Gasteiger partial charge in [-0.3, -0.25) is 9.79 Å². The second-order valence-corrected chi connectivity index (χ2v) is 6.28. The molecule has 1 amide bonds. The number of nitrogens with one attached hydrogen (secondary N) is 1. The summed E-state index contributed by atoms with van der Waals surface area (Å²) in [5.74, 6) is 1.90. The minimum absolute atomic E-state index is 0. The minimum Gasteiger partial charge on any atom is -0.497 e. The molecule has 1 N–H and O–H groups in total. The van der Waals surface area contributed by atoms with Gasteiger partial charge in [-0.25, -0.2) is 0 Å². The second-order valence-electron chi connectivity index (χ2n) is 6.28. The molecule has 0 atom stereocenters. The van der Waals surface area contributed by atoms with Crippen LogP contribution in [0.5, 0.6) is 5.75 Å². The molecule has 26 heavy (non-hydrogen) atoms. The van der Waals surface area contributed by atoms with Gasteiger partial charge in [0.1, 0.15) is 5.75 Å². The molecule has 1 aliphatic rings. The first-order valence-corrected chi connectivity index (χ1v) is 9.04. The summed E-state index contributed by atoms with van der Waals surface area (Å²) in [4.78, 5) is 20.8. The molecule has 1 aliphatic heterocycles. The maximum absolute atomic E-state index is 12.1. The number of halogens is 1. The van der Waals surface area contributed by atoms with Gasteiger partial charge in [-0.05, 0) is 37.5 Å². The smallest absolute Gasteiger partial charge is 0.224 e. The van der Waals surface area contributed by atoms with E-state index in [1.807, 2.05) is 31.0 Å². The van der Waals surface area contributed by atoms with E-state index < -0.39 is 0 Å². The summed E-state index contributed by atoms with van der Waals surface area (Å²) in [6.45, 7) is 5.92. The zero-order valence-corrected chi connectivity index (χ0v) is 18.4. The zero-order valence-electron chi connectivity index (χ0n) is 16.0. The number of hydrogen-bond acceptors (Lipinski definition) is 3. The first kappa shape index (κ1) is 22.5. The SMILES string of the molecule is CCNC(=NCCC(=O)N1CCCC1)N(C)Cc1ccc(OC)cc1.I. The number of nitrogens with zero attached hydrogens (tertiary/aromatic N) is 3. The number of carbonyl (C=O) groups excluding carboxylic acids is 1. The Labute approximate surface area is 174 Å². The zero-order chi connectivity index (χ0) is 18.1. The molecule has 0 aliphatic carbocycles. The summed E-state index contributed by atoms with van der Waals surface area (Å²) >= 11 is 0. The van der Waals surface area contributed by atoms with Gasteiger partial charge in [-0.2, -0.15) is 0 Å². The van der Waals surface area contributed by atoms with Crippen molar-refractivity contribution in [2.45, 2.75) is 32.7 Å². The van der Waals surface area contributed by atoms with Crippen LogP contribution in [0.4, 0.5) is 0 Å². The summed E-state index contributed by atoms with van der Waals surface area (Å²) in [5, 5.41) is 3.29. The summed E-state index contributed by atoms with van der Waals surface area (Å²) in [6, 6.07) is 8.02. The van der Waals surface area contributed by atoms with Crippen LogP contribution in [-0.4, -0.2) is 62.0 Å². The van der Waals surface area contributed by atoms with Crippen molar-refractivity contribution in [3.63, 3.8) is 0 Å². The van der Waals surface area contributed by atoms with Gasteiger partial charge >= 0.3 is 0 Å². The third-order valence-corrected chi connectivity index (χ3v) is 4.32. The first-order valence-electron chi connectivity index (χ1n) is 9.04. The Bertz CT molecular complexity index is 571. The van der Waals surface area contributed by atoms with Crippen LogP contribution in [0.3, 0.4) is 0 Å². The molecule has 0 spiro atoms. The number of hydrogen-bond donors (Lipinski definition) is 1. The lowest BCUT2D eigenvalue weighted by atomic mass is 10.2. The van der Waals surface area contributed by atoms with Crippen LogP contribution in [0.25, 0.3) is 0 Å². The van der Waals surface area contributed by atoms with Crippen LogP contribution in [0.15, 0.2) is 29.3 Å². The molecule has 1 aromatic rings. The van der Waals surface area contributed by atoms with Crippen molar-refractivity contribution in [1.29, 1.82) is 0 Å². The van der Waals surface area contributed by atoms with Gasteiger partial charge in [0.05, 0.1) is 13.7 Å². The van der Waals surface area contributed by atoms with Crippen LogP contribution >= 0.6 is 24.0 Å². The van der Waals surface area contributed by atoms with Crippen LogP contribution in [0, 0.1) is 0 Å². The Morgan fingerprint density at radius 2 is 1.92 bits per heavy atom. The molecular weight excluding hydrogens is 443 g/mol. The molecule has 146 valence electrons. The first-order chi connectivity index (χ1) is 12.1. The number of methoxy groups -OCH3 is 1. The number of guanidine groups is 1. The van der Waals surface area contributed by atoms with E-state index in [4.69, 9.17) is 4.74 Å². The Balaban J connectivity index is 0.00000338. The number of carbonyl (C=O) groups is 1. The van der Waals surface area contributed by atoms with Crippen LogP contribution < -0.4 is 10.1 Å². The van der Waals surface area contributed by atoms with E-state index >= 15 is 0 Å². The van der Waals surface area contributed by atoms with Crippen molar-refractivity contribution in [1.82, 2.24) is 15.1 Å². The molecule has 0 unspecified atom stereocenters. The largest absolute Gasteiger partial charge is 0.497 e. The van der Waals surface area contributed by atoms with E-state index in [1.54, 1.807) is 7.11 Å². The summed E-state index contributed by atoms with van der Waals surface area (Å²) in [7, 11) is 3.68. The number of benzene rings is 1. The molecule has 0 saturated carbocycles. The fourth-order valence-electron chi connectivity index (χ4n) is 2.93. The standard InChI is InChI=1S/C19H30N4O2.HI/c1-4-20-19(21-12-11-18(24)23-13-5-6-14-23)22(2)15-16-7-9-17(25-3)10-8-16;/h7-10H,4-6,11-15H2,1-3H3,(H,20,21);1H. The molecule has 1 aromatic carbocycles. The van der Waals surface area contributed by atoms with Gasteiger partial charge in [0.2, 0.25) is 5.91 Å². The predicted octanol–water partition coefficient (Wildman–Crippen LogP) is 2.72. The Morgan fingerprint density at radius 1 is 1.27 bits per heavy atom. The van der Waals surface area contributed by atoms with Crippen molar-refractivity contribution in [2.75, 3.05) is 40.3 Å². The monoisotopic (exact) mass is 474 g/mol. The van der Waals surface area contributed by atoms with Gasteiger partial charge in [-0.1, -0.05) is 12.1 Å². The molecule has 1 saturated heterocycles. The molecule has 7 heteroatoms. The molecular formula is C19H31IN4O2. The van der Waals surface area contributed by atoms with Crippen LogP contribution in [-0.2, 0) is 11.3 Å². The van der Waals surface area contributed by atoms with E-state index in [1.165, 1.54) is 5.56 Å². The molecule has 0 radical (unpaired) electrons. The van der Waals surface area contributed by atoms with Crippen LogP contribution in [0.1, 0.15) is 31.7 Å². The number of amides is 1. The molecule has 0 bridgehead atoms. The molecule has 2 rings (SSSR count). The van der Waals surface area contributed by atoms with Gasteiger partial charge in [0.15, 0.2) is 5.96 Å². The van der Waals surface area contributed by atoms with Gasteiger partial charge in [-0.15, -0.1) is 24.0 Å². The highest BCUT2D eigenvalue weighted by atomic mass is 127. The van der Waals surface area contributed by atoms with Gasteiger partial charge in [0.25, 0.3) is 0 Å². The van der Waals surface area contributed by atoms with Crippen molar-refractivity contribution >= 4 is 35.8 Å². The molecule has 1 heterocycles. The minimum atomic E-state index is 0. The predicted molar refractivity (Wildman–Crippen MR) is 116 cm³/mol. The van der Waals surface area contributed by atoms with E-state index in [2.05, 4.69) is 27.3 Å². The average molecular weight is 474 g/mol. The van der Waals surface area contributed by atoms with E-state index in [0.29, 0.717) is 13.0 Å². The maximum atomic E-state index is 12.1. The summed E-state index contributed by atoms with van der Waals surface area (Å²) < 4.78 is 5.19. The highest BCUT2D eigenvalue weighted by molar-refractivity contribution is 14.0. The van der Waals surface area contributed by atoms with Crippen molar-refractivity contribution in [3.8, 4) is 5.75 Å². The van der Waals surface area contributed by atoms with Gasteiger partial charge < -0.3 is 19.9 Å². The summed E-state index contributed by atoms with van der Waals surface area (Å²) in [5.41, 5.74) is 1.18. The number of ether oxygens (including phenoxy) is 1. The second kappa shape index (κ2) is 12.0. The Hall–Kier alpha value is -1.51. The Morgan fingerprint density at radius 3 is 2.50 bits per heavy atom. The highest BCUT2D eigenvalue weighted by Gasteiger charge is 2.17. The normalized spacial score (nSPS) is 14.0. The Kier molecular flexibility index (Phi) is 10.4. The van der Waals surface area contributed by atoms with Crippen molar-refractivity contribution < 1.29 is 9.53 Å². The third-order valence-electron chi connectivity index (χ3n) is 4.32. The maximum Gasteiger partial charge on any atom is 0.224 e. The van der Waals surface area contributed by atoms with Crippen molar-refractivity contribution in [3.05, 3.63) is 29.8 Å². The molecule has 0 aromatic heterocycles. The lowest BCUT2D eigenvalue weighted by Crippen LogP contribution is -2.38. The van der Waals surface area contributed by atoms with Gasteiger partial charge in [0, 0.05) is 39.6 Å². The number of rotatable bonds is 7. The lowest BCUT2D eigenvalue weighted by Gasteiger charge is -2.22. The molecule has 6 nitrogen and oxygen atoms in total. The van der Waals surface area contributed by atoms with E-state index in [0.717, 1.165) is 50.7 Å². The summed E-state index contributed by atoms with van der Waals surface area (Å²) in [6.07, 6.45) is 2.73. The third kappa shape index (κ3) is 7.01. The number of likely N-dealkylation sites (tertiary alicyclic amines) is 1. The number of aliphatic imine (C=N–C) groups is 1. The fourth-order valence-corrected chi connectivity index (χ4v) is 2.93. The van der Waals surface area contributed by atoms with Crippen LogP contribution in [0.2, 0.25) is 0 Å². The quantitative estimate of drug-likeness (QED) is 0.375. The topological polar surface area (TPSA) is 57.2 Å². The average Bonchev–Trinajstić information content (AvgIpc) is 3.16. The van der Waals surface area contributed by atoms with E-state index in [-0.39, 0.29) is 29.9 Å². The van der Waals surface area contributed by atoms with Crippen molar-refractivity contribution in [2.24, 2.45) is 4.99 Å².